The minimum Gasteiger partial charge on any atom is -0.497 e. The van der Waals surface area contributed by atoms with Gasteiger partial charge in [-0.05, 0) is 117 Å². The van der Waals surface area contributed by atoms with Gasteiger partial charge in [-0.3, -0.25) is 9.59 Å². The maximum absolute atomic E-state index is 13.4. The van der Waals surface area contributed by atoms with Crippen molar-refractivity contribution in [2.75, 3.05) is 47.1 Å². The lowest BCUT2D eigenvalue weighted by Crippen LogP contribution is -2.48. The summed E-state index contributed by atoms with van der Waals surface area (Å²) in [4.78, 5) is 28.1. The van der Waals surface area contributed by atoms with Crippen LogP contribution in [0.5, 0.6) is 11.5 Å². The number of aryl methyl sites for hydroxylation is 1. The number of unbranched alkanes of at least 4 members (excludes halogenated alkanes) is 2. The first-order valence-electron chi connectivity index (χ1n) is 22.2. The van der Waals surface area contributed by atoms with E-state index in [4.69, 9.17) is 14.2 Å². The van der Waals surface area contributed by atoms with Crippen LogP contribution in [0.15, 0.2) is 133 Å². The highest BCUT2D eigenvalue weighted by Crippen LogP contribution is 2.44. The highest BCUT2D eigenvalue weighted by atomic mass is 16.5. The van der Waals surface area contributed by atoms with Crippen molar-refractivity contribution in [3.05, 3.63) is 156 Å². The molecule has 0 bridgehead atoms. The number of rotatable bonds is 19. The Balaban J connectivity index is 0.801. The first kappa shape index (κ1) is 42.7. The number of carbonyl (C=O) groups is 2. The Morgan fingerprint density at radius 1 is 0.645 bits per heavy atom. The van der Waals surface area contributed by atoms with E-state index in [1.165, 1.54) is 37.9 Å². The summed E-state index contributed by atoms with van der Waals surface area (Å²) in [7, 11) is 3.31. The molecule has 8 heteroatoms. The summed E-state index contributed by atoms with van der Waals surface area (Å²) in [5, 5.41) is 21.7. The summed E-state index contributed by atoms with van der Waals surface area (Å²) < 4.78 is 18.2. The van der Waals surface area contributed by atoms with Crippen LogP contribution in [0.2, 0.25) is 0 Å². The second-order valence-corrected chi connectivity index (χ2v) is 16.9. The molecule has 1 heterocycles. The first-order chi connectivity index (χ1) is 30.4. The maximum Gasteiger partial charge on any atom is 0.222 e. The van der Waals surface area contributed by atoms with Crippen LogP contribution in [0, 0.1) is 5.41 Å². The third-order valence-corrected chi connectivity index (χ3v) is 13.1. The van der Waals surface area contributed by atoms with E-state index >= 15 is 0 Å². The van der Waals surface area contributed by atoms with Gasteiger partial charge >= 0.3 is 0 Å². The monoisotopic (exact) mass is 830 g/mol. The van der Waals surface area contributed by atoms with Crippen molar-refractivity contribution in [2.45, 2.75) is 63.4 Å². The van der Waals surface area contributed by atoms with E-state index in [0.717, 1.165) is 60.3 Å². The molecule has 0 saturated carbocycles. The molecule has 7 aromatic rings. The van der Waals surface area contributed by atoms with E-state index in [9.17, 15) is 14.7 Å². The second kappa shape index (κ2) is 19.4. The quantitative estimate of drug-likeness (QED) is 0.0479. The normalized spacial score (nSPS) is 14.1. The maximum atomic E-state index is 13.4. The Kier molecular flexibility index (Phi) is 13.4. The first-order valence-corrected chi connectivity index (χ1v) is 22.2. The van der Waals surface area contributed by atoms with Gasteiger partial charge in [0.1, 0.15) is 17.1 Å². The standard InChI is InChI=1S/C54H58N2O6/c1-60-46-27-23-44(24-28-46)54(43-14-5-3-6-15-43,45-25-29-47(61-2)30-26-45)62-38-53(37-57)32-35-56(36-33-53)50(59)17-7-4-8-34-55-49(58)16-10-11-39-18-19-42-21-20-40-12-9-13-41-22-31-48(39)52(42)51(40)41/h3,5-6,9,12-15,18-31,57H,4,7-8,10-11,16-17,32-38H2,1-2H3,(H,55,58). The molecule has 2 amide bonds. The summed E-state index contributed by atoms with van der Waals surface area (Å²) in [5.41, 5.74) is 2.62. The molecule has 0 spiro atoms. The van der Waals surface area contributed by atoms with E-state index in [1.807, 2.05) is 71.6 Å². The third-order valence-electron chi connectivity index (χ3n) is 13.1. The number of nitrogens with zero attached hydrogens (tertiary/aromatic N) is 1. The van der Waals surface area contributed by atoms with Gasteiger partial charge in [0.25, 0.3) is 0 Å². The number of carbonyl (C=O) groups excluding carboxylic acids is 2. The zero-order chi connectivity index (χ0) is 42.9. The molecule has 62 heavy (non-hydrogen) atoms. The number of hydrogen-bond donors (Lipinski definition) is 2. The molecule has 1 aliphatic rings. The topological polar surface area (TPSA) is 97.3 Å². The Labute approximate surface area is 365 Å². The lowest BCUT2D eigenvalue weighted by Gasteiger charge is -2.44. The zero-order valence-corrected chi connectivity index (χ0v) is 36.0. The van der Waals surface area contributed by atoms with Crippen molar-refractivity contribution in [2.24, 2.45) is 5.41 Å². The highest BCUT2D eigenvalue weighted by molar-refractivity contribution is 6.23. The molecular formula is C54H58N2O6. The molecular weight excluding hydrogens is 773 g/mol. The molecule has 1 aliphatic heterocycles. The second-order valence-electron chi connectivity index (χ2n) is 16.9. The van der Waals surface area contributed by atoms with Gasteiger partial charge in [0, 0.05) is 37.9 Å². The van der Waals surface area contributed by atoms with Crippen LogP contribution < -0.4 is 14.8 Å². The molecule has 0 aliphatic carbocycles. The molecule has 2 N–H and O–H groups in total. The highest BCUT2D eigenvalue weighted by Gasteiger charge is 2.43. The van der Waals surface area contributed by atoms with Crippen molar-refractivity contribution >= 4 is 44.1 Å². The number of likely N-dealkylation sites (tertiary alicyclic amines) is 1. The average Bonchev–Trinajstić information content (AvgIpc) is 3.33. The van der Waals surface area contributed by atoms with Crippen LogP contribution in [0.25, 0.3) is 32.3 Å². The van der Waals surface area contributed by atoms with Crippen molar-refractivity contribution in [3.8, 4) is 11.5 Å². The number of aliphatic hydroxyl groups is 1. The summed E-state index contributed by atoms with van der Waals surface area (Å²) in [6.45, 7) is 2.00. The van der Waals surface area contributed by atoms with E-state index in [-0.39, 0.29) is 18.4 Å². The molecule has 1 saturated heterocycles. The number of amides is 2. The Bertz CT molecular complexity index is 2500. The lowest BCUT2D eigenvalue weighted by molar-refractivity contribution is -0.137. The van der Waals surface area contributed by atoms with Crippen molar-refractivity contribution in [1.29, 1.82) is 0 Å². The van der Waals surface area contributed by atoms with Gasteiger partial charge in [-0.15, -0.1) is 0 Å². The molecule has 1 fully saturated rings. The number of piperidine rings is 1. The number of ether oxygens (including phenoxy) is 3. The van der Waals surface area contributed by atoms with Gasteiger partial charge in [-0.2, -0.15) is 0 Å². The molecule has 7 aromatic carbocycles. The predicted molar refractivity (Wildman–Crippen MR) is 248 cm³/mol. The van der Waals surface area contributed by atoms with Gasteiger partial charge in [0.2, 0.25) is 11.8 Å². The Morgan fingerprint density at radius 3 is 1.87 bits per heavy atom. The SMILES string of the molecule is COc1ccc(C(OCC2(CO)CCN(C(=O)CCCCCNC(=O)CCCc3ccc4ccc5cccc6ccc3c4c56)CC2)(c2ccccc2)c2ccc(OC)cc2)cc1. The largest absolute Gasteiger partial charge is 0.497 e. The van der Waals surface area contributed by atoms with Gasteiger partial charge in [0.15, 0.2) is 0 Å². The molecule has 0 radical (unpaired) electrons. The van der Waals surface area contributed by atoms with E-state index < -0.39 is 11.0 Å². The summed E-state index contributed by atoms with van der Waals surface area (Å²) in [5.74, 6) is 1.72. The van der Waals surface area contributed by atoms with Crippen LogP contribution in [0.3, 0.4) is 0 Å². The smallest absolute Gasteiger partial charge is 0.222 e. The molecule has 320 valence electrons. The fourth-order valence-corrected chi connectivity index (χ4v) is 9.42. The summed E-state index contributed by atoms with van der Waals surface area (Å²) >= 11 is 0. The van der Waals surface area contributed by atoms with Gasteiger partial charge in [-0.1, -0.05) is 116 Å². The van der Waals surface area contributed by atoms with Crippen molar-refractivity contribution < 1.29 is 28.9 Å². The van der Waals surface area contributed by atoms with Crippen LogP contribution in [-0.4, -0.2) is 68.9 Å². The zero-order valence-electron chi connectivity index (χ0n) is 36.0. The number of hydrogen-bond acceptors (Lipinski definition) is 6. The van der Waals surface area contributed by atoms with Crippen LogP contribution in [0.1, 0.15) is 73.6 Å². The number of nitrogens with one attached hydrogen (secondary N) is 1. The van der Waals surface area contributed by atoms with Crippen molar-refractivity contribution in [3.63, 3.8) is 0 Å². The van der Waals surface area contributed by atoms with E-state index in [2.05, 4.69) is 72.0 Å². The fourth-order valence-electron chi connectivity index (χ4n) is 9.42. The van der Waals surface area contributed by atoms with Gasteiger partial charge < -0.3 is 29.5 Å². The average molecular weight is 831 g/mol. The summed E-state index contributed by atoms with van der Waals surface area (Å²) in [6, 6.07) is 45.8. The number of methoxy groups -OCH3 is 2. The van der Waals surface area contributed by atoms with Gasteiger partial charge in [0.05, 0.1) is 27.4 Å². The van der Waals surface area contributed by atoms with Crippen LogP contribution in [0.4, 0.5) is 0 Å². The number of aliphatic hydroxyl groups excluding tert-OH is 1. The van der Waals surface area contributed by atoms with E-state index in [0.29, 0.717) is 51.9 Å². The Morgan fingerprint density at radius 2 is 1.24 bits per heavy atom. The lowest BCUT2D eigenvalue weighted by atomic mass is 9.77. The molecule has 0 aromatic heterocycles. The minimum absolute atomic E-state index is 0.0448. The molecule has 0 atom stereocenters. The minimum atomic E-state index is -0.986. The molecule has 0 unspecified atom stereocenters. The molecule has 8 nitrogen and oxygen atoms in total. The molecule has 8 rings (SSSR count). The van der Waals surface area contributed by atoms with Gasteiger partial charge in [-0.25, -0.2) is 0 Å². The van der Waals surface area contributed by atoms with E-state index in [1.54, 1.807) is 14.2 Å². The van der Waals surface area contributed by atoms with Crippen LogP contribution in [-0.2, 0) is 26.3 Å². The third kappa shape index (κ3) is 8.99. The number of benzene rings is 7. The predicted octanol–water partition coefficient (Wildman–Crippen LogP) is 10.2. The summed E-state index contributed by atoms with van der Waals surface area (Å²) in [6.07, 6.45) is 6.37. The van der Waals surface area contributed by atoms with Crippen LogP contribution >= 0.6 is 0 Å². The van der Waals surface area contributed by atoms with Crippen molar-refractivity contribution in [1.82, 2.24) is 10.2 Å². The Hall–Kier alpha value is -5.96. The fraction of sp³-hybridized carbons (Fsp3) is 0.333.